The fraction of sp³-hybridized carbons (Fsp3) is 0.286. The second-order valence-electron chi connectivity index (χ2n) is 2.60. The molecule has 0 aromatic carbocycles. The summed E-state index contributed by atoms with van der Waals surface area (Å²) in [7, 11) is 0. The number of aromatic nitrogens is 1. The minimum Gasteiger partial charge on any atom is -0.333 e. The topological polar surface area (TPSA) is 77.9 Å². The zero-order valence-electron chi connectivity index (χ0n) is 7.76. The molecule has 88 valence electrons. The Kier molecular flexibility index (Phi) is 3.82. The van der Waals surface area contributed by atoms with E-state index < -0.39 is 17.2 Å². The fourth-order valence-corrected chi connectivity index (χ4v) is 1.52. The number of thiazole rings is 1. The van der Waals surface area contributed by atoms with Gasteiger partial charge in [-0.25, -0.2) is 9.78 Å². The first-order valence-corrected chi connectivity index (χ1v) is 4.80. The molecule has 2 amide bonds. The maximum Gasteiger partial charge on any atom is 0.443 e. The van der Waals surface area contributed by atoms with Crippen molar-refractivity contribution in [3.63, 3.8) is 0 Å². The highest BCUT2D eigenvalue weighted by Crippen LogP contribution is 2.32. The van der Waals surface area contributed by atoms with E-state index in [9.17, 15) is 18.0 Å². The van der Waals surface area contributed by atoms with E-state index in [1.54, 1.807) is 0 Å². The zero-order chi connectivity index (χ0) is 12.2. The summed E-state index contributed by atoms with van der Waals surface area (Å²) in [4.78, 5) is 14.3. The summed E-state index contributed by atoms with van der Waals surface area (Å²) in [6.07, 6.45) is -2.73. The van der Waals surface area contributed by atoms with Crippen molar-refractivity contribution >= 4 is 23.7 Å². The van der Waals surface area contributed by atoms with E-state index in [1.165, 1.54) is 0 Å². The van der Waals surface area contributed by atoms with Gasteiger partial charge in [0.25, 0.3) is 0 Å². The van der Waals surface area contributed by atoms with Gasteiger partial charge >= 0.3 is 12.2 Å². The summed E-state index contributed by atoms with van der Waals surface area (Å²) >= 11 is 0.464. The molecule has 0 radical (unpaired) electrons. The van der Waals surface area contributed by atoms with Crippen LogP contribution in [0.2, 0.25) is 0 Å². The molecule has 1 aromatic rings. The van der Waals surface area contributed by atoms with Gasteiger partial charge in [-0.3, -0.25) is 10.7 Å². The van der Waals surface area contributed by atoms with Crippen LogP contribution in [-0.4, -0.2) is 17.4 Å². The van der Waals surface area contributed by atoms with Gasteiger partial charge in [0.05, 0.1) is 12.9 Å². The molecule has 0 aliphatic rings. The highest BCUT2D eigenvalue weighted by atomic mass is 32.1. The van der Waals surface area contributed by atoms with Crippen LogP contribution in [0.3, 0.4) is 0 Å². The van der Waals surface area contributed by atoms with Gasteiger partial charge in [0.2, 0.25) is 0 Å². The van der Waals surface area contributed by atoms with Crippen molar-refractivity contribution in [3.05, 3.63) is 16.1 Å². The highest BCUT2D eigenvalue weighted by Gasteiger charge is 2.34. The minimum absolute atomic E-state index is 0.0621. The van der Waals surface area contributed by atoms with E-state index in [0.717, 1.165) is 6.20 Å². The molecule has 0 saturated heterocycles. The Labute approximate surface area is 92.2 Å². The third kappa shape index (κ3) is 3.50. The molecule has 0 bridgehead atoms. The van der Waals surface area contributed by atoms with Gasteiger partial charge in [0.1, 0.15) is 0 Å². The monoisotopic (exact) mass is 252 g/mol. The molecule has 16 heavy (non-hydrogen) atoms. The Balaban J connectivity index is 2.53. The molecular weight excluding hydrogens is 245 g/mol. The van der Waals surface area contributed by atoms with Crippen LogP contribution in [-0.2, 0) is 12.7 Å². The average molecular weight is 252 g/mol. The van der Waals surface area contributed by atoms with Gasteiger partial charge in [-0.15, -0.1) is 11.3 Å². The number of urea groups is 1. The maximum atomic E-state index is 12.1. The minimum atomic E-state index is -4.46. The third-order valence-corrected chi connectivity index (χ3v) is 2.46. The number of carbonyl (C=O) groups excluding carboxylic acids is 1. The lowest BCUT2D eigenvalue weighted by Crippen LogP contribution is -2.33. The molecule has 1 aromatic heterocycles. The van der Waals surface area contributed by atoms with Crippen molar-refractivity contribution in [3.8, 4) is 0 Å². The van der Waals surface area contributed by atoms with Crippen molar-refractivity contribution in [1.82, 2.24) is 15.6 Å². The lowest BCUT2D eigenvalue weighted by Gasteiger charge is -2.01. The smallest absolute Gasteiger partial charge is 0.333 e. The number of hydrogen-bond donors (Lipinski definition) is 3. The molecule has 0 aliphatic heterocycles. The van der Waals surface area contributed by atoms with E-state index in [1.807, 2.05) is 5.32 Å². The second-order valence-corrected chi connectivity index (χ2v) is 3.72. The lowest BCUT2D eigenvalue weighted by molar-refractivity contribution is -0.137. The van der Waals surface area contributed by atoms with Crippen molar-refractivity contribution in [1.29, 1.82) is 5.41 Å². The van der Waals surface area contributed by atoms with Gasteiger partial charge in [0, 0.05) is 11.1 Å². The standard InChI is InChI=1S/C7H7F3N4OS/c8-7(9,10)5-12-1-4(16-5)2-13-6(15)14-3-11/h1,3H,2H2,(H3,11,13,14,15). The summed E-state index contributed by atoms with van der Waals surface area (Å²) in [5, 5.41) is 9.87. The average Bonchev–Trinajstić information content (AvgIpc) is 2.63. The normalized spacial score (nSPS) is 10.9. The maximum absolute atomic E-state index is 12.1. The predicted octanol–water partition coefficient (Wildman–Crippen LogP) is 1.57. The second kappa shape index (κ2) is 4.92. The summed E-state index contributed by atoms with van der Waals surface area (Å²) < 4.78 is 36.4. The Morgan fingerprint density at radius 2 is 2.31 bits per heavy atom. The summed E-state index contributed by atoms with van der Waals surface area (Å²) in [5.41, 5.74) is 0. The number of carbonyl (C=O) groups is 1. The van der Waals surface area contributed by atoms with Gasteiger partial charge in [-0.1, -0.05) is 0 Å². The van der Waals surface area contributed by atoms with Crippen LogP contribution >= 0.6 is 11.3 Å². The summed E-state index contributed by atoms with van der Waals surface area (Å²) in [6, 6.07) is -0.656. The molecule has 3 N–H and O–H groups in total. The van der Waals surface area contributed by atoms with Gasteiger partial charge < -0.3 is 5.32 Å². The molecule has 0 aliphatic carbocycles. The van der Waals surface area contributed by atoms with E-state index in [2.05, 4.69) is 10.3 Å². The summed E-state index contributed by atoms with van der Waals surface area (Å²) in [5.74, 6) is 0. The van der Waals surface area contributed by atoms with E-state index in [0.29, 0.717) is 17.7 Å². The molecule has 1 heterocycles. The van der Waals surface area contributed by atoms with Crippen LogP contribution in [0.4, 0.5) is 18.0 Å². The molecule has 0 unspecified atom stereocenters. The Morgan fingerprint density at radius 3 is 2.81 bits per heavy atom. The van der Waals surface area contributed by atoms with E-state index in [-0.39, 0.29) is 11.4 Å². The first-order chi connectivity index (χ1) is 7.43. The molecule has 5 nitrogen and oxygen atoms in total. The molecule has 1 rings (SSSR count). The number of halogens is 3. The number of hydrogen-bond acceptors (Lipinski definition) is 4. The number of alkyl halides is 3. The largest absolute Gasteiger partial charge is 0.443 e. The first kappa shape index (κ1) is 12.4. The Morgan fingerprint density at radius 1 is 1.62 bits per heavy atom. The third-order valence-electron chi connectivity index (χ3n) is 1.42. The quantitative estimate of drug-likeness (QED) is 0.564. The van der Waals surface area contributed by atoms with Crippen molar-refractivity contribution in [2.45, 2.75) is 12.7 Å². The number of nitrogens with one attached hydrogen (secondary N) is 3. The van der Waals surface area contributed by atoms with Crippen LogP contribution in [0.15, 0.2) is 6.20 Å². The molecule has 0 atom stereocenters. The molecular formula is C7H7F3N4OS. The lowest BCUT2D eigenvalue weighted by atomic mass is 10.5. The van der Waals surface area contributed by atoms with Crippen LogP contribution in [0.25, 0.3) is 0 Å². The molecule has 0 spiro atoms. The van der Waals surface area contributed by atoms with Crippen molar-refractivity contribution in [2.75, 3.05) is 0 Å². The highest BCUT2D eigenvalue weighted by molar-refractivity contribution is 7.11. The van der Waals surface area contributed by atoms with Gasteiger partial charge in [-0.05, 0) is 0 Å². The zero-order valence-corrected chi connectivity index (χ0v) is 8.58. The number of amides is 2. The Bertz CT molecular complexity index is 389. The van der Waals surface area contributed by atoms with Gasteiger partial charge in [0.15, 0.2) is 5.01 Å². The molecule has 0 fully saturated rings. The molecule has 9 heteroatoms. The molecule has 0 saturated carbocycles. The van der Waals surface area contributed by atoms with E-state index in [4.69, 9.17) is 5.41 Å². The van der Waals surface area contributed by atoms with Crippen LogP contribution in [0.5, 0.6) is 0 Å². The fourth-order valence-electron chi connectivity index (χ4n) is 0.804. The summed E-state index contributed by atoms with van der Waals surface area (Å²) in [6.45, 7) is -0.0621. The number of nitrogens with zero attached hydrogens (tertiary/aromatic N) is 1. The number of rotatable bonds is 3. The van der Waals surface area contributed by atoms with E-state index >= 15 is 0 Å². The van der Waals surface area contributed by atoms with Crippen LogP contribution < -0.4 is 10.6 Å². The predicted molar refractivity (Wildman–Crippen MR) is 51.3 cm³/mol. The van der Waals surface area contributed by atoms with Crippen LogP contribution in [0.1, 0.15) is 9.88 Å². The van der Waals surface area contributed by atoms with Gasteiger partial charge in [-0.2, -0.15) is 13.2 Å². The van der Waals surface area contributed by atoms with Crippen LogP contribution in [0, 0.1) is 5.41 Å². The Hall–Kier alpha value is -1.64. The first-order valence-electron chi connectivity index (χ1n) is 3.98. The van der Waals surface area contributed by atoms with Crippen molar-refractivity contribution < 1.29 is 18.0 Å². The van der Waals surface area contributed by atoms with Crippen molar-refractivity contribution in [2.24, 2.45) is 0 Å². The SMILES string of the molecule is N=CNC(=O)NCc1cnc(C(F)(F)F)s1.